The fraction of sp³-hybridized carbons (Fsp3) is 0.148. The summed E-state index contributed by atoms with van der Waals surface area (Å²) < 4.78 is 1.65. The Morgan fingerprint density at radius 3 is 2.55 bits per heavy atom. The predicted molar refractivity (Wildman–Crippen MR) is 150 cm³/mol. The van der Waals surface area contributed by atoms with E-state index < -0.39 is 23.8 Å². The molecule has 3 heterocycles. The lowest BCUT2D eigenvalue weighted by Gasteiger charge is -2.17. The largest absolute Gasteiger partial charge is 0.480 e. The minimum absolute atomic E-state index is 0.0611. The van der Waals surface area contributed by atoms with Crippen LogP contribution < -0.4 is 10.6 Å². The topological polar surface area (TPSA) is 163 Å². The van der Waals surface area contributed by atoms with Crippen LogP contribution in [0.2, 0.25) is 5.02 Å². The van der Waals surface area contributed by atoms with Crippen molar-refractivity contribution in [2.75, 3.05) is 5.32 Å². The Labute approximate surface area is 242 Å². The maximum absolute atomic E-state index is 13.7. The number of amides is 2. The molecule has 4 aromatic rings. The number of aliphatic carboxylic acids is 1. The van der Waals surface area contributed by atoms with Crippen molar-refractivity contribution in [3.63, 3.8) is 0 Å². The van der Waals surface area contributed by atoms with Gasteiger partial charge in [-0.25, -0.2) is 14.5 Å². The number of halogens is 2. The smallest absolute Gasteiger partial charge is 0.326 e. The van der Waals surface area contributed by atoms with Gasteiger partial charge in [0.15, 0.2) is 5.82 Å². The molecule has 2 amide bonds. The zero-order valence-corrected chi connectivity index (χ0v) is 23.5. The Bertz CT molecular complexity index is 1680. The van der Waals surface area contributed by atoms with Crippen LogP contribution in [0.5, 0.6) is 0 Å². The number of anilines is 1. The van der Waals surface area contributed by atoms with E-state index in [0.717, 1.165) is 0 Å². The molecule has 3 aromatic heterocycles. The van der Waals surface area contributed by atoms with Gasteiger partial charge in [0.25, 0.3) is 11.8 Å². The average Bonchev–Trinajstić information content (AvgIpc) is 3.34. The molecular weight excluding hydrogens is 602 g/mol. The maximum atomic E-state index is 13.7. The molecule has 0 saturated heterocycles. The summed E-state index contributed by atoms with van der Waals surface area (Å²) in [6.45, 7) is 3.23. The highest BCUT2D eigenvalue weighted by atomic mass is 79.9. The van der Waals surface area contributed by atoms with Gasteiger partial charge in [-0.15, -0.1) is 0 Å². The fourth-order valence-electron chi connectivity index (χ4n) is 3.96. The molecule has 1 aromatic carbocycles. The number of benzene rings is 1. The van der Waals surface area contributed by atoms with Crippen molar-refractivity contribution in [2.24, 2.45) is 0 Å². The SMILES string of the molecule is CCC(NC(=O)c1cc(C#N)cc(C)c1NC(=O)c1cc(Br)nn1-c1ncccc1-c1ncccc1Cl)C(=O)O. The van der Waals surface area contributed by atoms with Crippen LogP contribution in [0.15, 0.2) is 59.5 Å². The summed E-state index contributed by atoms with van der Waals surface area (Å²) in [6.07, 6.45) is 3.25. The molecule has 1 atom stereocenters. The van der Waals surface area contributed by atoms with Crippen molar-refractivity contribution in [2.45, 2.75) is 26.3 Å². The zero-order valence-electron chi connectivity index (χ0n) is 21.1. The third-order valence-electron chi connectivity index (χ3n) is 5.87. The van der Waals surface area contributed by atoms with E-state index in [4.69, 9.17) is 11.6 Å². The summed E-state index contributed by atoms with van der Waals surface area (Å²) in [7, 11) is 0. The van der Waals surface area contributed by atoms with Crippen LogP contribution in [0.1, 0.15) is 45.3 Å². The minimum Gasteiger partial charge on any atom is -0.480 e. The first-order valence-corrected chi connectivity index (χ1v) is 13.0. The highest BCUT2D eigenvalue weighted by Crippen LogP contribution is 2.31. The molecule has 0 aliphatic heterocycles. The van der Waals surface area contributed by atoms with Crippen molar-refractivity contribution >= 4 is 51.0 Å². The van der Waals surface area contributed by atoms with Gasteiger partial charge in [0.05, 0.1) is 33.6 Å². The summed E-state index contributed by atoms with van der Waals surface area (Å²) in [5, 5.41) is 28.8. The summed E-state index contributed by atoms with van der Waals surface area (Å²) >= 11 is 9.69. The first kappa shape index (κ1) is 28.4. The lowest BCUT2D eigenvalue weighted by molar-refractivity contribution is -0.139. The molecule has 11 nitrogen and oxygen atoms in total. The van der Waals surface area contributed by atoms with Gasteiger partial charge in [-0.2, -0.15) is 10.4 Å². The summed E-state index contributed by atoms with van der Waals surface area (Å²) in [4.78, 5) is 47.0. The lowest BCUT2D eigenvalue weighted by atomic mass is 10.0. The summed E-state index contributed by atoms with van der Waals surface area (Å²) in [5.41, 5.74) is 1.66. The molecule has 0 bridgehead atoms. The normalized spacial score (nSPS) is 11.4. The molecule has 0 aliphatic rings. The van der Waals surface area contributed by atoms with Gasteiger partial charge in [0.2, 0.25) is 0 Å². The Morgan fingerprint density at radius 2 is 1.88 bits per heavy atom. The van der Waals surface area contributed by atoms with E-state index in [2.05, 4.69) is 41.6 Å². The average molecular weight is 623 g/mol. The van der Waals surface area contributed by atoms with Crippen LogP contribution in [0.4, 0.5) is 5.69 Å². The number of rotatable bonds is 8. The number of nitriles is 1. The monoisotopic (exact) mass is 621 g/mol. The molecule has 40 heavy (non-hydrogen) atoms. The van der Waals surface area contributed by atoms with Gasteiger partial charge < -0.3 is 15.7 Å². The molecule has 13 heteroatoms. The van der Waals surface area contributed by atoms with Crippen molar-refractivity contribution in [1.29, 1.82) is 5.26 Å². The van der Waals surface area contributed by atoms with E-state index in [-0.39, 0.29) is 34.7 Å². The van der Waals surface area contributed by atoms with Gasteiger partial charge >= 0.3 is 5.97 Å². The van der Waals surface area contributed by atoms with Gasteiger partial charge in [-0.1, -0.05) is 18.5 Å². The van der Waals surface area contributed by atoms with E-state index in [0.29, 0.717) is 26.4 Å². The standard InChI is InChI=1S/C27H21BrClN7O4/c1-3-19(27(39)40)33-25(37)17-11-15(13-30)10-14(2)22(17)34-26(38)20-12-21(28)35-36(20)24-16(6-4-9-32-24)23-18(29)7-5-8-31-23/h4-12,19H,3H2,1-2H3,(H,33,37)(H,34,38)(H,39,40). The van der Waals surface area contributed by atoms with Crippen molar-refractivity contribution in [3.8, 4) is 23.1 Å². The van der Waals surface area contributed by atoms with Crippen LogP contribution in [0, 0.1) is 18.3 Å². The number of aromatic nitrogens is 4. The second-order valence-electron chi connectivity index (χ2n) is 8.53. The highest BCUT2D eigenvalue weighted by molar-refractivity contribution is 9.10. The molecule has 202 valence electrons. The number of carbonyl (C=O) groups excluding carboxylic acids is 2. The van der Waals surface area contributed by atoms with Crippen LogP contribution in [-0.2, 0) is 4.79 Å². The number of pyridine rings is 2. The summed E-state index contributed by atoms with van der Waals surface area (Å²) in [5.74, 6) is -2.33. The van der Waals surface area contributed by atoms with Gasteiger partial charge in [-0.05, 0) is 71.2 Å². The van der Waals surface area contributed by atoms with Crippen LogP contribution in [0.3, 0.4) is 0 Å². The lowest BCUT2D eigenvalue weighted by Crippen LogP contribution is -2.40. The molecule has 0 aliphatic carbocycles. The number of aryl methyl sites for hydroxylation is 1. The van der Waals surface area contributed by atoms with E-state index in [1.807, 2.05) is 6.07 Å². The van der Waals surface area contributed by atoms with Crippen LogP contribution in [0.25, 0.3) is 17.1 Å². The molecule has 1 unspecified atom stereocenters. The molecule has 0 spiro atoms. The van der Waals surface area contributed by atoms with Crippen molar-refractivity contribution in [3.05, 3.63) is 86.9 Å². The van der Waals surface area contributed by atoms with Crippen LogP contribution >= 0.6 is 27.5 Å². The van der Waals surface area contributed by atoms with E-state index in [9.17, 15) is 24.8 Å². The molecule has 0 radical (unpaired) electrons. The number of carboxylic acids is 1. The van der Waals surface area contributed by atoms with Crippen molar-refractivity contribution < 1.29 is 19.5 Å². The molecule has 3 N–H and O–H groups in total. The minimum atomic E-state index is -1.21. The second kappa shape index (κ2) is 12.1. The number of hydrogen-bond donors (Lipinski definition) is 3. The Balaban J connectivity index is 1.77. The van der Waals surface area contributed by atoms with E-state index in [1.165, 1.54) is 29.1 Å². The van der Waals surface area contributed by atoms with Gasteiger partial charge in [0, 0.05) is 24.0 Å². The number of nitrogens with zero attached hydrogens (tertiary/aromatic N) is 5. The Hall–Kier alpha value is -4.60. The first-order chi connectivity index (χ1) is 19.1. The number of carboxylic acid groups (broad SMARTS) is 1. The number of carbonyl (C=O) groups is 3. The van der Waals surface area contributed by atoms with Crippen molar-refractivity contribution in [1.82, 2.24) is 25.1 Å². The fourth-order valence-corrected chi connectivity index (χ4v) is 4.56. The molecule has 0 saturated carbocycles. The molecular formula is C27H21BrClN7O4. The van der Waals surface area contributed by atoms with Gasteiger partial charge in [0.1, 0.15) is 16.3 Å². The number of hydrogen-bond acceptors (Lipinski definition) is 7. The quantitative estimate of drug-likeness (QED) is 0.253. The van der Waals surface area contributed by atoms with Crippen LogP contribution in [-0.4, -0.2) is 48.7 Å². The van der Waals surface area contributed by atoms with E-state index in [1.54, 1.807) is 44.3 Å². The molecule has 4 rings (SSSR count). The first-order valence-electron chi connectivity index (χ1n) is 11.9. The maximum Gasteiger partial charge on any atom is 0.326 e. The molecule has 0 fully saturated rings. The highest BCUT2D eigenvalue weighted by Gasteiger charge is 2.25. The van der Waals surface area contributed by atoms with Gasteiger partial charge in [-0.3, -0.25) is 14.6 Å². The third-order valence-corrected chi connectivity index (χ3v) is 6.57. The predicted octanol–water partition coefficient (Wildman–Crippen LogP) is 4.77. The Morgan fingerprint density at radius 1 is 1.15 bits per heavy atom. The Kier molecular flexibility index (Phi) is 8.57. The third kappa shape index (κ3) is 5.85. The number of nitrogens with one attached hydrogen (secondary N) is 2. The zero-order chi connectivity index (χ0) is 29.0. The summed E-state index contributed by atoms with van der Waals surface area (Å²) in [6, 6.07) is 11.9. The van der Waals surface area contributed by atoms with E-state index >= 15 is 0 Å². The second-order valence-corrected chi connectivity index (χ2v) is 9.75.